The van der Waals surface area contributed by atoms with Crippen LogP contribution in [0.2, 0.25) is 5.02 Å². The second-order valence-electron chi connectivity index (χ2n) is 6.00. The minimum atomic E-state index is -0.187. The molecule has 0 aliphatic heterocycles. The third-order valence-electron chi connectivity index (χ3n) is 4.03. The van der Waals surface area contributed by atoms with E-state index in [9.17, 15) is 4.79 Å². The first-order valence-electron chi connectivity index (χ1n) is 8.61. The summed E-state index contributed by atoms with van der Waals surface area (Å²) in [4.78, 5) is 18.4. The van der Waals surface area contributed by atoms with E-state index in [0.717, 1.165) is 11.1 Å². The summed E-state index contributed by atoms with van der Waals surface area (Å²) in [7, 11) is 0. The van der Waals surface area contributed by atoms with E-state index in [-0.39, 0.29) is 19.1 Å². The van der Waals surface area contributed by atoms with E-state index in [1.54, 1.807) is 29.2 Å². The second kappa shape index (κ2) is 8.68. The van der Waals surface area contributed by atoms with Gasteiger partial charge in [-0.2, -0.15) is 4.98 Å². The number of halogens is 1. The molecule has 0 fully saturated rings. The molecule has 0 atom stereocenters. The van der Waals surface area contributed by atoms with E-state index in [4.69, 9.17) is 20.9 Å². The van der Waals surface area contributed by atoms with Crippen molar-refractivity contribution in [1.82, 2.24) is 15.0 Å². The fourth-order valence-corrected chi connectivity index (χ4v) is 2.66. The van der Waals surface area contributed by atoms with Crippen molar-refractivity contribution < 1.29 is 14.1 Å². The summed E-state index contributed by atoms with van der Waals surface area (Å²) in [6.07, 6.45) is 0. The number of hydrogen-bond donors (Lipinski definition) is 0. The van der Waals surface area contributed by atoms with Crippen LogP contribution in [0.3, 0.4) is 0 Å². The van der Waals surface area contributed by atoms with Crippen LogP contribution in [-0.2, 0) is 11.3 Å². The Morgan fingerprint density at radius 1 is 1.19 bits per heavy atom. The van der Waals surface area contributed by atoms with Gasteiger partial charge in [-0.1, -0.05) is 58.7 Å². The zero-order valence-corrected chi connectivity index (χ0v) is 15.9. The normalized spacial score (nSPS) is 10.6. The molecular formula is C20H20ClN3O3. The van der Waals surface area contributed by atoms with Crippen LogP contribution in [0.25, 0.3) is 11.4 Å². The number of para-hydroxylation sites is 1. The van der Waals surface area contributed by atoms with Crippen LogP contribution < -0.4 is 4.74 Å². The zero-order chi connectivity index (χ0) is 19.2. The molecule has 6 nitrogen and oxygen atoms in total. The Balaban J connectivity index is 1.62. The molecule has 3 aromatic rings. The highest BCUT2D eigenvalue weighted by Crippen LogP contribution is 2.23. The molecule has 7 heteroatoms. The number of carbonyl (C=O) groups excluding carboxylic acids is 1. The molecule has 3 rings (SSSR count). The van der Waals surface area contributed by atoms with Crippen LogP contribution in [-0.4, -0.2) is 34.1 Å². The summed E-state index contributed by atoms with van der Waals surface area (Å²) in [5.74, 6) is 1.16. The SMILES string of the molecule is CCN(Cc1nc(-c2ccc(C)cc2)no1)C(=O)COc1ccccc1Cl. The molecule has 0 aliphatic rings. The first-order valence-corrected chi connectivity index (χ1v) is 8.99. The number of nitrogens with zero attached hydrogens (tertiary/aromatic N) is 3. The number of ether oxygens (including phenoxy) is 1. The van der Waals surface area contributed by atoms with Gasteiger partial charge in [0.25, 0.3) is 5.91 Å². The van der Waals surface area contributed by atoms with Crippen LogP contribution >= 0.6 is 11.6 Å². The fraction of sp³-hybridized carbons (Fsp3) is 0.250. The standard InChI is InChI=1S/C20H20ClN3O3/c1-3-24(19(25)13-26-17-7-5-4-6-16(17)21)12-18-22-20(23-27-18)15-10-8-14(2)9-11-15/h4-11H,3,12-13H2,1-2H3. The van der Waals surface area contributed by atoms with Gasteiger partial charge in [-0.3, -0.25) is 4.79 Å². The number of amides is 1. The predicted molar refractivity (Wildman–Crippen MR) is 103 cm³/mol. The van der Waals surface area contributed by atoms with Crippen LogP contribution in [0.4, 0.5) is 0 Å². The number of rotatable bonds is 7. The molecule has 0 saturated carbocycles. The van der Waals surface area contributed by atoms with Crippen LogP contribution in [0, 0.1) is 6.92 Å². The summed E-state index contributed by atoms with van der Waals surface area (Å²) >= 11 is 6.04. The molecule has 0 bridgehead atoms. The summed E-state index contributed by atoms with van der Waals surface area (Å²) in [6, 6.07) is 14.9. The molecule has 0 N–H and O–H groups in total. The number of benzene rings is 2. The van der Waals surface area contributed by atoms with E-state index in [0.29, 0.717) is 29.0 Å². The third-order valence-corrected chi connectivity index (χ3v) is 4.34. The zero-order valence-electron chi connectivity index (χ0n) is 15.2. The topological polar surface area (TPSA) is 68.5 Å². The fourth-order valence-electron chi connectivity index (χ4n) is 2.47. The maximum Gasteiger partial charge on any atom is 0.260 e. The molecule has 0 unspecified atom stereocenters. The van der Waals surface area contributed by atoms with Gasteiger partial charge < -0.3 is 14.2 Å². The molecule has 140 valence electrons. The van der Waals surface area contributed by atoms with Gasteiger partial charge in [-0.15, -0.1) is 0 Å². The number of carbonyl (C=O) groups is 1. The van der Waals surface area contributed by atoms with E-state index in [1.165, 1.54) is 0 Å². The average molecular weight is 386 g/mol. The van der Waals surface area contributed by atoms with Crippen molar-refractivity contribution >= 4 is 17.5 Å². The van der Waals surface area contributed by atoms with E-state index in [2.05, 4.69) is 10.1 Å². The Bertz CT molecular complexity index is 909. The predicted octanol–water partition coefficient (Wildman–Crippen LogP) is 4.13. The molecule has 0 aliphatic carbocycles. The molecule has 1 amide bonds. The quantitative estimate of drug-likeness (QED) is 0.611. The van der Waals surface area contributed by atoms with Crippen molar-refractivity contribution in [3.05, 3.63) is 65.0 Å². The lowest BCUT2D eigenvalue weighted by atomic mass is 10.1. The monoisotopic (exact) mass is 385 g/mol. The Kier molecular flexibility index (Phi) is 6.08. The molecule has 1 aromatic heterocycles. The number of aryl methyl sites for hydroxylation is 1. The lowest BCUT2D eigenvalue weighted by molar-refractivity contribution is -0.134. The highest BCUT2D eigenvalue weighted by Gasteiger charge is 2.17. The highest BCUT2D eigenvalue weighted by molar-refractivity contribution is 6.32. The van der Waals surface area contributed by atoms with Crippen molar-refractivity contribution in [1.29, 1.82) is 0 Å². The minimum absolute atomic E-state index is 0.115. The van der Waals surface area contributed by atoms with Crippen LogP contribution in [0.15, 0.2) is 53.1 Å². The molecule has 27 heavy (non-hydrogen) atoms. The minimum Gasteiger partial charge on any atom is -0.482 e. The Morgan fingerprint density at radius 3 is 2.63 bits per heavy atom. The maximum atomic E-state index is 12.4. The van der Waals surface area contributed by atoms with Gasteiger partial charge in [0.05, 0.1) is 5.02 Å². The van der Waals surface area contributed by atoms with Crippen molar-refractivity contribution in [2.24, 2.45) is 0 Å². The Hall–Kier alpha value is -2.86. The lowest BCUT2D eigenvalue weighted by Gasteiger charge is -2.19. The Labute approximate surface area is 162 Å². The first kappa shape index (κ1) is 18.9. The summed E-state index contributed by atoms with van der Waals surface area (Å²) in [5, 5.41) is 4.46. The summed E-state index contributed by atoms with van der Waals surface area (Å²) in [5.41, 5.74) is 2.02. The molecule has 0 saturated heterocycles. The van der Waals surface area contributed by atoms with Crippen LogP contribution in [0.1, 0.15) is 18.4 Å². The van der Waals surface area contributed by atoms with Gasteiger partial charge in [0, 0.05) is 12.1 Å². The largest absolute Gasteiger partial charge is 0.482 e. The van der Waals surface area contributed by atoms with Gasteiger partial charge in [0.15, 0.2) is 6.61 Å². The molecule has 0 spiro atoms. The van der Waals surface area contributed by atoms with E-state index >= 15 is 0 Å². The first-order chi connectivity index (χ1) is 13.1. The number of hydrogen-bond acceptors (Lipinski definition) is 5. The second-order valence-corrected chi connectivity index (χ2v) is 6.41. The Morgan fingerprint density at radius 2 is 1.93 bits per heavy atom. The molecule has 2 aromatic carbocycles. The van der Waals surface area contributed by atoms with Gasteiger partial charge in [0.1, 0.15) is 12.3 Å². The van der Waals surface area contributed by atoms with Gasteiger partial charge in [0.2, 0.25) is 11.7 Å². The van der Waals surface area contributed by atoms with E-state index < -0.39 is 0 Å². The smallest absolute Gasteiger partial charge is 0.260 e. The maximum absolute atomic E-state index is 12.4. The summed E-state index contributed by atoms with van der Waals surface area (Å²) in [6.45, 7) is 4.50. The lowest BCUT2D eigenvalue weighted by Crippen LogP contribution is -2.34. The van der Waals surface area contributed by atoms with Crippen molar-refractivity contribution in [2.45, 2.75) is 20.4 Å². The van der Waals surface area contributed by atoms with Crippen molar-refractivity contribution in [3.8, 4) is 17.1 Å². The van der Waals surface area contributed by atoms with Crippen molar-refractivity contribution in [2.75, 3.05) is 13.2 Å². The number of aromatic nitrogens is 2. The summed E-state index contributed by atoms with van der Waals surface area (Å²) < 4.78 is 10.8. The van der Waals surface area contributed by atoms with E-state index in [1.807, 2.05) is 38.1 Å². The molecule has 0 radical (unpaired) electrons. The third kappa shape index (κ3) is 4.86. The molecular weight excluding hydrogens is 366 g/mol. The highest BCUT2D eigenvalue weighted by atomic mass is 35.5. The van der Waals surface area contributed by atoms with Crippen LogP contribution in [0.5, 0.6) is 5.75 Å². The van der Waals surface area contributed by atoms with Gasteiger partial charge >= 0.3 is 0 Å². The van der Waals surface area contributed by atoms with Crippen molar-refractivity contribution in [3.63, 3.8) is 0 Å². The molecule has 1 heterocycles. The average Bonchev–Trinajstić information content (AvgIpc) is 3.14. The number of likely N-dealkylation sites (N-methyl/N-ethyl adjacent to an activating group) is 1. The van der Waals surface area contributed by atoms with Gasteiger partial charge in [-0.25, -0.2) is 0 Å². The van der Waals surface area contributed by atoms with Gasteiger partial charge in [-0.05, 0) is 26.0 Å².